The van der Waals surface area contributed by atoms with E-state index < -0.39 is 6.04 Å². The molecule has 0 spiro atoms. The molecule has 1 aliphatic heterocycles. The number of aliphatic hydroxyl groups excluding tert-OH is 2. The van der Waals surface area contributed by atoms with Crippen molar-refractivity contribution in [3.63, 3.8) is 0 Å². The number of nitrogens with zero attached hydrogens (tertiary/aromatic N) is 5. The van der Waals surface area contributed by atoms with Crippen LogP contribution in [0.2, 0.25) is 0 Å². The van der Waals surface area contributed by atoms with E-state index in [0.717, 1.165) is 24.4 Å². The van der Waals surface area contributed by atoms with Crippen molar-refractivity contribution >= 4 is 17.0 Å². The van der Waals surface area contributed by atoms with Gasteiger partial charge >= 0.3 is 0 Å². The standard InChI is InChI=1S/C16H25N5O2/c1-16(2,3)4-11-5-20(6-11)14-13-15(18-9-17-14)21(10-19-13)12(7-22)8-23/h9-12,22-23H,4-8H2,1-3H3. The van der Waals surface area contributed by atoms with Gasteiger partial charge in [-0.3, -0.25) is 0 Å². The van der Waals surface area contributed by atoms with E-state index in [1.54, 1.807) is 10.9 Å². The fraction of sp³-hybridized carbons (Fsp3) is 0.688. The highest BCUT2D eigenvalue weighted by atomic mass is 16.3. The van der Waals surface area contributed by atoms with Crippen molar-refractivity contribution in [2.45, 2.75) is 33.2 Å². The summed E-state index contributed by atoms with van der Waals surface area (Å²) >= 11 is 0. The van der Waals surface area contributed by atoms with Crippen LogP contribution < -0.4 is 4.90 Å². The average Bonchev–Trinajstić information content (AvgIpc) is 2.87. The molecular weight excluding hydrogens is 294 g/mol. The van der Waals surface area contributed by atoms with Crippen LogP contribution in [-0.4, -0.2) is 56.0 Å². The quantitative estimate of drug-likeness (QED) is 0.862. The number of rotatable bonds is 5. The molecule has 2 aromatic heterocycles. The van der Waals surface area contributed by atoms with Crippen molar-refractivity contribution < 1.29 is 10.2 Å². The Morgan fingerprint density at radius 3 is 2.48 bits per heavy atom. The first-order valence-corrected chi connectivity index (χ1v) is 8.07. The van der Waals surface area contributed by atoms with Gasteiger partial charge in [-0.05, 0) is 17.8 Å². The van der Waals surface area contributed by atoms with Crippen molar-refractivity contribution in [2.24, 2.45) is 11.3 Å². The molecule has 7 nitrogen and oxygen atoms in total. The van der Waals surface area contributed by atoms with E-state index in [2.05, 4.69) is 40.6 Å². The number of fused-ring (bicyclic) bond motifs is 1. The van der Waals surface area contributed by atoms with Crippen LogP contribution >= 0.6 is 0 Å². The molecule has 3 heterocycles. The van der Waals surface area contributed by atoms with Crippen LogP contribution in [0, 0.1) is 11.3 Å². The maximum Gasteiger partial charge on any atom is 0.165 e. The maximum atomic E-state index is 9.37. The molecule has 0 bridgehead atoms. The summed E-state index contributed by atoms with van der Waals surface area (Å²) in [5, 5.41) is 18.7. The maximum absolute atomic E-state index is 9.37. The molecule has 2 N–H and O–H groups in total. The van der Waals surface area contributed by atoms with Crippen molar-refractivity contribution in [1.29, 1.82) is 0 Å². The molecule has 126 valence electrons. The van der Waals surface area contributed by atoms with Gasteiger partial charge in [-0.1, -0.05) is 20.8 Å². The Labute approximate surface area is 136 Å². The van der Waals surface area contributed by atoms with Crippen molar-refractivity contribution in [2.75, 3.05) is 31.2 Å². The summed E-state index contributed by atoms with van der Waals surface area (Å²) in [6.07, 6.45) is 4.34. The average molecular weight is 319 g/mol. The zero-order valence-electron chi connectivity index (χ0n) is 14.0. The van der Waals surface area contributed by atoms with Crippen LogP contribution in [0.3, 0.4) is 0 Å². The lowest BCUT2D eigenvalue weighted by atomic mass is 9.81. The second-order valence-corrected chi connectivity index (χ2v) is 7.58. The third-order valence-corrected chi connectivity index (χ3v) is 4.31. The largest absolute Gasteiger partial charge is 0.394 e. The first kappa shape index (κ1) is 16.1. The number of aliphatic hydroxyl groups is 2. The molecule has 0 aromatic carbocycles. The van der Waals surface area contributed by atoms with Gasteiger partial charge in [-0.25, -0.2) is 15.0 Å². The van der Waals surface area contributed by atoms with E-state index in [1.165, 1.54) is 12.7 Å². The first-order valence-electron chi connectivity index (χ1n) is 8.07. The molecule has 7 heteroatoms. The highest BCUT2D eigenvalue weighted by Crippen LogP contribution is 2.34. The van der Waals surface area contributed by atoms with Crippen LogP contribution in [0.1, 0.15) is 33.2 Å². The molecular formula is C16H25N5O2. The summed E-state index contributed by atoms with van der Waals surface area (Å²) in [6, 6.07) is -0.423. The van der Waals surface area contributed by atoms with Gasteiger partial charge in [0.05, 0.1) is 25.6 Å². The van der Waals surface area contributed by atoms with Gasteiger partial charge in [0.1, 0.15) is 6.33 Å². The fourth-order valence-electron chi connectivity index (χ4n) is 3.31. The van der Waals surface area contributed by atoms with E-state index >= 15 is 0 Å². The Balaban J connectivity index is 1.81. The Bertz CT molecular complexity index is 669. The number of hydrogen-bond acceptors (Lipinski definition) is 6. The lowest BCUT2D eigenvalue weighted by molar-refractivity contribution is 0.156. The summed E-state index contributed by atoms with van der Waals surface area (Å²) in [7, 11) is 0. The summed E-state index contributed by atoms with van der Waals surface area (Å²) in [6.45, 7) is 8.47. The first-order chi connectivity index (χ1) is 10.9. The Morgan fingerprint density at radius 1 is 1.17 bits per heavy atom. The normalized spacial score (nSPS) is 16.3. The minimum absolute atomic E-state index is 0.154. The molecule has 1 fully saturated rings. The molecule has 0 saturated carbocycles. The highest BCUT2D eigenvalue weighted by Gasteiger charge is 2.32. The van der Waals surface area contributed by atoms with E-state index in [9.17, 15) is 10.2 Å². The third kappa shape index (κ3) is 3.16. The van der Waals surface area contributed by atoms with Gasteiger partial charge in [0.15, 0.2) is 17.0 Å². The number of aromatic nitrogens is 4. The Kier molecular flexibility index (Phi) is 4.25. The molecule has 0 amide bonds. The molecule has 0 aliphatic carbocycles. The van der Waals surface area contributed by atoms with Gasteiger partial charge in [0, 0.05) is 13.1 Å². The minimum Gasteiger partial charge on any atom is -0.394 e. The van der Waals surface area contributed by atoms with Crippen LogP contribution in [0.4, 0.5) is 5.82 Å². The Morgan fingerprint density at radius 2 is 1.87 bits per heavy atom. The van der Waals surface area contributed by atoms with Crippen molar-refractivity contribution in [1.82, 2.24) is 19.5 Å². The topological polar surface area (TPSA) is 87.3 Å². The lowest BCUT2D eigenvalue weighted by Gasteiger charge is -2.42. The van der Waals surface area contributed by atoms with Crippen molar-refractivity contribution in [3.8, 4) is 0 Å². The molecule has 1 aliphatic rings. The highest BCUT2D eigenvalue weighted by molar-refractivity contribution is 5.83. The second kappa shape index (κ2) is 6.05. The predicted octanol–water partition coefficient (Wildman–Crippen LogP) is 1.22. The van der Waals surface area contributed by atoms with E-state index in [0.29, 0.717) is 17.0 Å². The summed E-state index contributed by atoms with van der Waals surface area (Å²) in [5.41, 5.74) is 1.73. The van der Waals surface area contributed by atoms with E-state index in [-0.39, 0.29) is 13.2 Å². The minimum atomic E-state index is -0.423. The Hall–Kier alpha value is -1.73. The van der Waals surface area contributed by atoms with Gasteiger partial charge in [-0.15, -0.1) is 0 Å². The number of hydrogen-bond donors (Lipinski definition) is 2. The molecule has 23 heavy (non-hydrogen) atoms. The van der Waals surface area contributed by atoms with Gasteiger partial charge in [0.2, 0.25) is 0 Å². The SMILES string of the molecule is CC(C)(C)CC1CN(c2ncnc3c2ncn3C(CO)CO)C1. The summed E-state index contributed by atoms with van der Waals surface area (Å²) in [4.78, 5) is 15.3. The number of imidazole rings is 1. The van der Waals surface area contributed by atoms with Crippen LogP contribution in [0.15, 0.2) is 12.7 Å². The predicted molar refractivity (Wildman–Crippen MR) is 88.3 cm³/mol. The van der Waals surface area contributed by atoms with Crippen LogP contribution in [-0.2, 0) is 0 Å². The molecule has 0 atom stereocenters. The van der Waals surface area contributed by atoms with Crippen LogP contribution in [0.5, 0.6) is 0 Å². The lowest BCUT2D eigenvalue weighted by Crippen LogP contribution is -2.48. The monoisotopic (exact) mass is 319 g/mol. The zero-order chi connectivity index (χ0) is 16.6. The molecule has 1 saturated heterocycles. The van der Waals surface area contributed by atoms with Gasteiger partial charge in [-0.2, -0.15) is 0 Å². The molecule has 3 rings (SSSR count). The fourth-order valence-corrected chi connectivity index (χ4v) is 3.31. The smallest absolute Gasteiger partial charge is 0.165 e. The third-order valence-electron chi connectivity index (χ3n) is 4.31. The van der Waals surface area contributed by atoms with Crippen LogP contribution in [0.25, 0.3) is 11.2 Å². The van der Waals surface area contributed by atoms with E-state index in [1.807, 2.05) is 0 Å². The summed E-state index contributed by atoms with van der Waals surface area (Å²) < 4.78 is 1.72. The molecule has 0 unspecified atom stereocenters. The van der Waals surface area contributed by atoms with Gasteiger partial charge < -0.3 is 19.7 Å². The molecule has 0 radical (unpaired) electrons. The molecule has 2 aromatic rings. The zero-order valence-corrected chi connectivity index (χ0v) is 14.0. The van der Waals surface area contributed by atoms with Gasteiger partial charge in [0.25, 0.3) is 0 Å². The van der Waals surface area contributed by atoms with Crippen molar-refractivity contribution in [3.05, 3.63) is 12.7 Å². The second-order valence-electron chi connectivity index (χ2n) is 7.58. The number of anilines is 1. The summed E-state index contributed by atoms with van der Waals surface area (Å²) in [5.74, 6) is 1.53. The van der Waals surface area contributed by atoms with E-state index in [4.69, 9.17) is 0 Å².